The molecule has 1 aromatic heterocycles. The Morgan fingerprint density at radius 2 is 1.62 bits per heavy atom. The van der Waals surface area contributed by atoms with Crippen molar-refractivity contribution in [1.29, 1.82) is 0 Å². The number of Topliss-reactive ketones (excluding diaryl/α,β-unsaturated/α-hetero) is 2. The van der Waals surface area contributed by atoms with E-state index in [0.717, 1.165) is 11.1 Å². The molecule has 0 radical (unpaired) electrons. The van der Waals surface area contributed by atoms with Gasteiger partial charge in [0.15, 0.2) is 11.6 Å². The van der Waals surface area contributed by atoms with E-state index in [0.29, 0.717) is 16.1 Å². The van der Waals surface area contributed by atoms with Crippen molar-refractivity contribution in [3.63, 3.8) is 0 Å². The van der Waals surface area contributed by atoms with Crippen LogP contribution in [0.2, 0.25) is 0 Å². The van der Waals surface area contributed by atoms with Crippen LogP contribution in [0.15, 0.2) is 72.2 Å². The summed E-state index contributed by atoms with van der Waals surface area (Å²) in [5.41, 5.74) is 2.85. The number of hydrogen-bond acceptors (Lipinski definition) is 6. The lowest BCUT2D eigenvalue weighted by Gasteiger charge is -2.35. The Balaban J connectivity index is 1.47. The first-order chi connectivity index (χ1) is 16.5. The number of rotatable bonds is 4. The molecule has 6 nitrogen and oxygen atoms in total. The minimum atomic E-state index is -0.796. The highest BCUT2D eigenvalue weighted by Crippen LogP contribution is 2.53. The zero-order valence-corrected chi connectivity index (χ0v) is 19.1. The molecule has 7 heteroatoms. The molecular formula is C27H20N2O4S. The van der Waals surface area contributed by atoms with Gasteiger partial charge in [-0.05, 0) is 59.8 Å². The maximum Gasteiger partial charge on any atom is 0.240 e. The van der Waals surface area contributed by atoms with Crippen LogP contribution in [0.4, 0.5) is 5.69 Å². The van der Waals surface area contributed by atoms with E-state index in [4.69, 9.17) is 0 Å². The van der Waals surface area contributed by atoms with Gasteiger partial charge in [-0.2, -0.15) is 0 Å². The van der Waals surface area contributed by atoms with Crippen LogP contribution in [-0.4, -0.2) is 34.3 Å². The smallest absolute Gasteiger partial charge is 0.240 e. The Morgan fingerprint density at radius 1 is 0.882 bits per heavy atom. The molecule has 0 bridgehead atoms. The molecule has 0 N–H and O–H groups in total. The minimum absolute atomic E-state index is 0.0923. The average Bonchev–Trinajstić information content (AvgIpc) is 3.55. The Kier molecular flexibility index (Phi) is 4.64. The summed E-state index contributed by atoms with van der Waals surface area (Å²) in [5, 5.41) is 1.84. The van der Waals surface area contributed by atoms with Crippen LogP contribution in [-0.2, 0) is 9.59 Å². The number of thiophene rings is 1. The maximum absolute atomic E-state index is 13.8. The number of carbonyl (C=O) groups is 4. The van der Waals surface area contributed by atoms with Gasteiger partial charge >= 0.3 is 0 Å². The number of benzene rings is 2. The Hall–Kier alpha value is -3.84. The van der Waals surface area contributed by atoms with Gasteiger partial charge in [0.05, 0.1) is 28.4 Å². The highest BCUT2D eigenvalue weighted by atomic mass is 32.1. The van der Waals surface area contributed by atoms with Crippen molar-refractivity contribution in [1.82, 2.24) is 4.90 Å². The Morgan fingerprint density at radius 3 is 2.32 bits per heavy atom. The highest BCUT2D eigenvalue weighted by Gasteiger charge is 2.64. The van der Waals surface area contributed by atoms with E-state index in [2.05, 4.69) is 0 Å². The topological polar surface area (TPSA) is 74.8 Å². The molecule has 2 aromatic carbocycles. The van der Waals surface area contributed by atoms with Crippen molar-refractivity contribution in [2.45, 2.75) is 19.0 Å². The average molecular weight is 469 g/mol. The number of amides is 2. The molecule has 3 aromatic rings. The molecule has 0 saturated carbocycles. The first-order valence-corrected chi connectivity index (χ1v) is 12.0. The maximum atomic E-state index is 13.8. The van der Waals surface area contributed by atoms with Crippen molar-refractivity contribution >= 4 is 46.5 Å². The second-order valence-electron chi connectivity index (χ2n) is 8.79. The third-order valence-corrected chi connectivity index (χ3v) is 7.91. The second kappa shape index (κ2) is 7.60. The monoisotopic (exact) mass is 468 g/mol. The fourth-order valence-corrected chi connectivity index (χ4v) is 6.22. The van der Waals surface area contributed by atoms with Crippen molar-refractivity contribution < 1.29 is 19.2 Å². The third-order valence-electron chi connectivity index (χ3n) is 7.03. The molecule has 1 unspecified atom stereocenters. The van der Waals surface area contributed by atoms with Gasteiger partial charge in [-0.25, -0.2) is 4.90 Å². The molecule has 2 fully saturated rings. The number of anilines is 1. The van der Waals surface area contributed by atoms with E-state index in [-0.39, 0.29) is 23.4 Å². The van der Waals surface area contributed by atoms with E-state index in [1.165, 1.54) is 23.2 Å². The van der Waals surface area contributed by atoms with Crippen LogP contribution in [0.1, 0.15) is 44.1 Å². The molecule has 2 amide bonds. The van der Waals surface area contributed by atoms with E-state index in [1.54, 1.807) is 30.3 Å². The van der Waals surface area contributed by atoms with Gasteiger partial charge in [-0.3, -0.25) is 19.2 Å². The molecule has 168 valence electrons. The zero-order valence-electron chi connectivity index (χ0n) is 18.3. The summed E-state index contributed by atoms with van der Waals surface area (Å²) in [6, 6.07) is 16.7. The number of fused-ring (bicyclic) bond motifs is 5. The summed E-state index contributed by atoms with van der Waals surface area (Å²) in [7, 11) is 0. The predicted molar refractivity (Wildman–Crippen MR) is 128 cm³/mol. The van der Waals surface area contributed by atoms with Crippen LogP contribution in [0, 0.1) is 11.8 Å². The molecule has 4 atom stereocenters. The quantitative estimate of drug-likeness (QED) is 0.420. The van der Waals surface area contributed by atoms with Gasteiger partial charge in [-0.15, -0.1) is 11.3 Å². The lowest BCUT2D eigenvalue weighted by molar-refractivity contribution is -0.123. The highest BCUT2D eigenvalue weighted by molar-refractivity contribution is 7.12. The number of imide groups is 1. The summed E-state index contributed by atoms with van der Waals surface area (Å²) in [5.74, 6) is -2.40. The van der Waals surface area contributed by atoms with Crippen molar-refractivity contribution in [3.05, 3.63) is 93.8 Å². The summed E-state index contributed by atoms with van der Waals surface area (Å²) >= 11 is 1.34. The third kappa shape index (κ3) is 2.86. The normalized spacial score (nSPS) is 24.7. The van der Waals surface area contributed by atoms with Crippen LogP contribution in [0.3, 0.4) is 0 Å². The summed E-state index contributed by atoms with van der Waals surface area (Å²) in [4.78, 5) is 56.6. The van der Waals surface area contributed by atoms with Gasteiger partial charge in [0.1, 0.15) is 6.04 Å². The summed E-state index contributed by atoms with van der Waals surface area (Å²) < 4.78 is 0. The van der Waals surface area contributed by atoms with Crippen molar-refractivity contribution in [2.75, 3.05) is 4.90 Å². The van der Waals surface area contributed by atoms with Crippen molar-refractivity contribution in [3.8, 4) is 0 Å². The molecule has 3 aliphatic rings. The fourth-order valence-electron chi connectivity index (χ4n) is 5.52. The SMILES string of the molecule is CC(=O)c1ccc(N2C(=O)[C@@H]3[C@H](C2=O)C2c4ccccc4C=CN2[C@@H]3C(=O)c2cccs2)cc1. The van der Waals surface area contributed by atoms with Crippen LogP contribution in [0.5, 0.6) is 0 Å². The van der Waals surface area contributed by atoms with Crippen LogP contribution >= 0.6 is 11.3 Å². The summed E-state index contributed by atoms with van der Waals surface area (Å²) in [6.45, 7) is 1.47. The standard InChI is InChI=1S/C27H20N2O4S/c1-15(30)16-8-10-18(11-9-16)29-26(32)21-22(27(29)33)24(25(31)20-7-4-14-34-20)28-13-12-17-5-2-3-6-19(17)23(21)28/h2-14,21-24H,1H3/t21-,22+,23?,24-/m0/s1. The van der Waals surface area contributed by atoms with E-state index in [9.17, 15) is 19.2 Å². The van der Waals surface area contributed by atoms with Crippen molar-refractivity contribution in [2.24, 2.45) is 11.8 Å². The number of ketones is 2. The molecular weight excluding hydrogens is 448 g/mol. The first-order valence-electron chi connectivity index (χ1n) is 11.1. The van der Waals surface area contributed by atoms with Crippen LogP contribution in [0.25, 0.3) is 6.08 Å². The lowest BCUT2D eigenvalue weighted by atomic mass is 9.84. The van der Waals surface area contributed by atoms with Crippen LogP contribution < -0.4 is 4.90 Å². The van der Waals surface area contributed by atoms with E-state index >= 15 is 0 Å². The minimum Gasteiger partial charge on any atom is -0.358 e. The summed E-state index contributed by atoms with van der Waals surface area (Å²) in [6.07, 6.45) is 3.79. The zero-order chi connectivity index (χ0) is 23.6. The Bertz CT molecular complexity index is 1380. The van der Waals surface area contributed by atoms with E-state index in [1.807, 2.05) is 52.9 Å². The van der Waals surface area contributed by atoms with Gasteiger partial charge in [0.2, 0.25) is 11.8 Å². The van der Waals surface area contributed by atoms with E-state index < -0.39 is 23.9 Å². The van der Waals surface area contributed by atoms with Gasteiger partial charge < -0.3 is 4.90 Å². The van der Waals surface area contributed by atoms with Gasteiger partial charge in [-0.1, -0.05) is 30.3 Å². The molecule has 0 spiro atoms. The Labute approximate surface area is 200 Å². The molecule has 0 aliphatic carbocycles. The number of carbonyl (C=O) groups excluding carboxylic acids is 4. The second-order valence-corrected chi connectivity index (χ2v) is 9.74. The molecule has 3 aliphatic heterocycles. The van der Waals surface area contributed by atoms with Gasteiger partial charge in [0.25, 0.3) is 0 Å². The number of hydrogen-bond donors (Lipinski definition) is 0. The molecule has 2 saturated heterocycles. The largest absolute Gasteiger partial charge is 0.358 e. The lowest BCUT2D eigenvalue weighted by Crippen LogP contribution is -2.44. The first kappa shape index (κ1) is 20.7. The molecule has 34 heavy (non-hydrogen) atoms. The predicted octanol–water partition coefficient (Wildman–Crippen LogP) is 4.35. The number of nitrogens with zero attached hydrogens (tertiary/aromatic N) is 2. The fraction of sp³-hybridized carbons (Fsp3) is 0.185. The van der Waals surface area contributed by atoms with Gasteiger partial charge in [0, 0.05) is 11.8 Å². The molecule has 4 heterocycles. The molecule has 6 rings (SSSR count).